The summed E-state index contributed by atoms with van der Waals surface area (Å²) in [6.45, 7) is -0.283. The number of alkyl halides is 4. The Morgan fingerprint density at radius 2 is 2.19 bits per heavy atom. The molecule has 0 saturated carbocycles. The zero-order valence-corrected chi connectivity index (χ0v) is 14.2. The van der Waals surface area contributed by atoms with Crippen LogP contribution in [0.2, 0.25) is 0 Å². The fourth-order valence-corrected chi connectivity index (χ4v) is 2.65. The zero-order valence-electron chi connectivity index (χ0n) is 14.2. The number of aromatic nitrogens is 1. The van der Waals surface area contributed by atoms with Crippen molar-refractivity contribution in [3.63, 3.8) is 0 Å². The van der Waals surface area contributed by atoms with Gasteiger partial charge in [0, 0.05) is 13.2 Å². The second kappa shape index (κ2) is 7.59. The molecule has 1 aromatic carbocycles. The smallest absolute Gasteiger partial charge is 0.416 e. The van der Waals surface area contributed by atoms with Crippen LogP contribution in [0, 0.1) is 0 Å². The third-order valence-electron chi connectivity index (χ3n) is 3.79. The van der Waals surface area contributed by atoms with Gasteiger partial charge in [-0.3, -0.25) is 4.90 Å². The molecule has 7 nitrogen and oxygen atoms in total. The van der Waals surface area contributed by atoms with Gasteiger partial charge in [-0.25, -0.2) is 9.18 Å². The monoisotopic (exact) mass is 392 g/mol. The predicted octanol–water partition coefficient (Wildman–Crippen LogP) is 3.47. The Labute approximate surface area is 150 Å². The molecule has 1 saturated heterocycles. The number of fused-ring (bicyclic) bond motifs is 1. The number of rotatable bonds is 7. The van der Waals surface area contributed by atoms with Gasteiger partial charge in [0.1, 0.15) is 24.6 Å². The van der Waals surface area contributed by atoms with Gasteiger partial charge in [0.25, 0.3) is 0 Å². The van der Waals surface area contributed by atoms with E-state index in [1.807, 2.05) is 0 Å². The lowest BCUT2D eigenvalue weighted by Crippen LogP contribution is -2.26. The molecule has 0 radical (unpaired) electrons. The van der Waals surface area contributed by atoms with Gasteiger partial charge in [-0.2, -0.15) is 13.2 Å². The lowest BCUT2D eigenvalue weighted by molar-refractivity contribution is -0.148. The number of cyclic esters (lactones) is 1. The molecule has 2 atom stereocenters. The Bertz CT molecular complexity index is 810. The minimum absolute atomic E-state index is 0.122. The first-order chi connectivity index (χ1) is 12.8. The molecule has 3 rings (SSSR count). The van der Waals surface area contributed by atoms with Gasteiger partial charge in [0.05, 0.1) is 25.0 Å². The van der Waals surface area contributed by atoms with Crippen LogP contribution < -0.4 is 9.64 Å². The molecular formula is C16H16F4N2O5. The normalized spacial score (nSPS) is 18.8. The summed E-state index contributed by atoms with van der Waals surface area (Å²) in [5, 5.41) is 4.31. The molecule has 1 fully saturated rings. The quantitative estimate of drug-likeness (QED) is 0.672. The summed E-state index contributed by atoms with van der Waals surface area (Å²) < 4.78 is 70.0. The largest absolute Gasteiger partial charge is 0.490 e. The van der Waals surface area contributed by atoms with E-state index < -0.39 is 37.6 Å². The molecule has 27 heavy (non-hydrogen) atoms. The molecular weight excluding hydrogens is 376 g/mol. The minimum Gasteiger partial charge on any atom is -0.490 e. The number of anilines is 1. The highest BCUT2D eigenvalue weighted by atomic mass is 19.4. The Morgan fingerprint density at radius 1 is 1.41 bits per heavy atom. The lowest BCUT2D eigenvalue weighted by atomic mass is 10.2. The Hall–Kier alpha value is -2.56. The van der Waals surface area contributed by atoms with Gasteiger partial charge in [-0.1, -0.05) is 5.16 Å². The van der Waals surface area contributed by atoms with E-state index in [2.05, 4.69) is 5.16 Å². The van der Waals surface area contributed by atoms with Gasteiger partial charge in [0.15, 0.2) is 11.4 Å². The van der Waals surface area contributed by atoms with Gasteiger partial charge in [-0.05, 0) is 12.1 Å². The van der Waals surface area contributed by atoms with Gasteiger partial charge < -0.3 is 18.7 Å². The van der Waals surface area contributed by atoms with Crippen LogP contribution in [0.25, 0.3) is 11.0 Å². The molecule has 2 aromatic rings. The van der Waals surface area contributed by atoms with E-state index in [1.165, 1.54) is 30.2 Å². The number of benzene rings is 1. The van der Waals surface area contributed by atoms with Crippen LogP contribution in [0.4, 0.5) is 28.2 Å². The first-order valence-corrected chi connectivity index (χ1v) is 7.97. The first-order valence-electron chi connectivity index (χ1n) is 7.97. The van der Waals surface area contributed by atoms with Crippen LogP contribution in [-0.2, 0) is 9.47 Å². The summed E-state index contributed by atoms with van der Waals surface area (Å²) in [6.07, 6.45) is -9.39. The van der Waals surface area contributed by atoms with Crippen molar-refractivity contribution in [2.24, 2.45) is 0 Å². The maximum atomic E-state index is 13.3. The van der Waals surface area contributed by atoms with Crippen LogP contribution in [-0.4, -0.2) is 56.6 Å². The van der Waals surface area contributed by atoms with Crippen molar-refractivity contribution in [1.82, 2.24) is 5.16 Å². The summed E-state index contributed by atoms with van der Waals surface area (Å²) in [4.78, 5) is 13.3. The molecule has 1 amide bonds. The van der Waals surface area contributed by atoms with Crippen LogP contribution in [0.1, 0.15) is 6.42 Å². The molecule has 0 aliphatic carbocycles. The maximum Gasteiger partial charge on any atom is 0.416 e. The van der Waals surface area contributed by atoms with Crippen LogP contribution in [0.3, 0.4) is 0 Å². The van der Waals surface area contributed by atoms with E-state index in [0.29, 0.717) is 5.39 Å². The second-order valence-electron chi connectivity index (χ2n) is 5.96. The van der Waals surface area contributed by atoms with Crippen LogP contribution in [0.15, 0.2) is 22.7 Å². The summed E-state index contributed by atoms with van der Waals surface area (Å²) in [5.74, 6) is 0.358. The minimum atomic E-state index is -4.60. The second-order valence-corrected chi connectivity index (χ2v) is 5.96. The van der Waals surface area contributed by atoms with E-state index in [0.717, 1.165) is 0 Å². The highest BCUT2D eigenvalue weighted by Gasteiger charge is 2.35. The van der Waals surface area contributed by atoms with Crippen LogP contribution >= 0.6 is 0 Å². The highest BCUT2D eigenvalue weighted by Crippen LogP contribution is 2.32. The number of nitrogens with zero attached hydrogens (tertiary/aromatic N) is 2. The molecule has 2 heterocycles. The van der Waals surface area contributed by atoms with Crippen molar-refractivity contribution >= 4 is 22.9 Å². The third-order valence-corrected chi connectivity index (χ3v) is 3.79. The molecule has 0 N–H and O–H groups in total. The van der Waals surface area contributed by atoms with Crippen molar-refractivity contribution in [3.05, 3.63) is 18.2 Å². The topological polar surface area (TPSA) is 74.0 Å². The van der Waals surface area contributed by atoms with Gasteiger partial charge in [0.2, 0.25) is 0 Å². The van der Waals surface area contributed by atoms with E-state index >= 15 is 0 Å². The molecule has 0 spiro atoms. The van der Waals surface area contributed by atoms with E-state index in [1.54, 1.807) is 0 Å². The summed E-state index contributed by atoms with van der Waals surface area (Å²) >= 11 is 0. The Morgan fingerprint density at radius 3 is 2.89 bits per heavy atom. The number of halogens is 4. The molecule has 1 aliphatic rings. The molecule has 11 heteroatoms. The average Bonchev–Trinajstić information content (AvgIpc) is 3.14. The van der Waals surface area contributed by atoms with Crippen molar-refractivity contribution in [2.45, 2.75) is 24.9 Å². The van der Waals surface area contributed by atoms with Crippen molar-refractivity contribution in [1.29, 1.82) is 0 Å². The van der Waals surface area contributed by atoms with Crippen LogP contribution in [0.5, 0.6) is 5.75 Å². The first kappa shape index (κ1) is 19.2. The van der Waals surface area contributed by atoms with E-state index in [4.69, 9.17) is 18.7 Å². The Balaban J connectivity index is 1.69. The fraction of sp³-hybridized carbons (Fsp3) is 0.500. The SMILES string of the molecule is COCC1CN(c2noc3cc(OC[C@H](F)CC(F)(F)F)ccc23)C(=O)O1. The highest BCUT2D eigenvalue weighted by molar-refractivity contribution is 5.99. The maximum absolute atomic E-state index is 13.3. The lowest BCUT2D eigenvalue weighted by Gasteiger charge is -2.12. The number of amides is 1. The van der Waals surface area contributed by atoms with Gasteiger partial charge >= 0.3 is 12.3 Å². The molecule has 148 valence electrons. The fourth-order valence-electron chi connectivity index (χ4n) is 2.65. The summed E-state index contributed by atoms with van der Waals surface area (Å²) in [6, 6.07) is 4.31. The number of carbonyl (C=O) groups excluding carboxylic acids is 1. The van der Waals surface area contributed by atoms with E-state index in [-0.39, 0.29) is 30.3 Å². The number of carbonyl (C=O) groups is 1. The number of methoxy groups -OCH3 is 1. The van der Waals surface area contributed by atoms with Crippen molar-refractivity contribution in [3.8, 4) is 5.75 Å². The third kappa shape index (κ3) is 4.59. The molecule has 0 bridgehead atoms. The molecule has 1 unspecified atom stereocenters. The number of hydrogen-bond acceptors (Lipinski definition) is 6. The molecule has 1 aliphatic heterocycles. The number of hydrogen-bond donors (Lipinski definition) is 0. The zero-order chi connectivity index (χ0) is 19.6. The van der Waals surface area contributed by atoms with E-state index in [9.17, 15) is 22.4 Å². The Kier molecular flexibility index (Phi) is 5.40. The summed E-state index contributed by atoms with van der Waals surface area (Å²) in [7, 11) is 1.49. The predicted molar refractivity (Wildman–Crippen MR) is 84.6 cm³/mol. The van der Waals surface area contributed by atoms with Crippen molar-refractivity contribution in [2.75, 3.05) is 31.8 Å². The summed E-state index contributed by atoms with van der Waals surface area (Å²) in [5.41, 5.74) is 0.233. The number of ether oxygens (including phenoxy) is 3. The van der Waals surface area contributed by atoms with Crippen molar-refractivity contribution < 1.29 is 41.1 Å². The standard InChI is InChI=1S/C16H16F4N2O5/c1-24-8-11-6-22(15(23)26-11)14-12-3-2-10(4-13(12)27-21-14)25-7-9(17)5-16(18,19)20/h2-4,9,11H,5-8H2,1H3/t9-,11?/m1/s1. The van der Waals surface area contributed by atoms with Gasteiger partial charge in [-0.15, -0.1) is 0 Å². The average molecular weight is 392 g/mol. The molecule has 1 aromatic heterocycles.